The summed E-state index contributed by atoms with van der Waals surface area (Å²) in [4.78, 5) is 0. The molecule has 68 valence electrons. The first-order valence-electron chi connectivity index (χ1n) is 4.02. The van der Waals surface area contributed by atoms with Gasteiger partial charge in [0.15, 0.2) is 0 Å². The molecule has 0 spiro atoms. The summed E-state index contributed by atoms with van der Waals surface area (Å²) in [5.74, 6) is 0.499. The zero-order valence-electron chi connectivity index (χ0n) is 7.45. The third-order valence-corrected chi connectivity index (χ3v) is 1.83. The van der Waals surface area contributed by atoms with Gasteiger partial charge in [-0.25, -0.2) is 0 Å². The average molecular weight is 185 g/mol. The van der Waals surface area contributed by atoms with Crippen LogP contribution in [0.15, 0.2) is 10.7 Å². The van der Waals surface area contributed by atoms with E-state index in [0.29, 0.717) is 16.9 Å². The van der Waals surface area contributed by atoms with Crippen LogP contribution in [0.2, 0.25) is 0 Å². The Balaban J connectivity index is 3.04. The van der Waals surface area contributed by atoms with E-state index in [-0.39, 0.29) is 19.3 Å². The molecule has 0 aliphatic heterocycles. The highest BCUT2D eigenvalue weighted by molar-refractivity contribution is 5.33. The predicted molar refractivity (Wildman–Crippen MR) is 46.7 cm³/mol. The van der Waals surface area contributed by atoms with Crippen molar-refractivity contribution in [3.8, 4) is 18.2 Å². The van der Waals surface area contributed by atoms with Gasteiger partial charge in [0, 0.05) is 11.1 Å². The molecule has 0 radical (unpaired) electrons. The van der Waals surface area contributed by atoms with Gasteiger partial charge in [-0.3, -0.25) is 0 Å². The van der Waals surface area contributed by atoms with Crippen molar-refractivity contribution in [3.63, 3.8) is 0 Å². The van der Waals surface area contributed by atoms with E-state index in [1.165, 1.54) is 6.26 Å². The molecular weight excluding hydrogens is 178 g/mol. The van der Waals surface area contributed by atoms with Crippen molar-refractivity contribution in [1.82, 2.24) is 0 Å². The summed E-state index contributed by atoms with van der Waals surface area (Å²) in [6.45, 7) is 0. The minimum atomic E-state index is 0.141. The quantitative estimate of drug-likeness (QED) is 0.713. The fourth-order valence-corrected chi connectivity index (χ4v) is 1.21. The lowest BCUT2D eigenvalue weighted by Gasteiger charge is -1.94. The Morgan fingerprint density at radius 3 is 2.21 bits per heavy atom. The standard InChI is InChI=1S/C10H7N3O/c11-4-1-8-7-14-10(3-6-13)9(8)2-5-12/h7H,1-3H2. The molecule has 0 aliphatic rings. The molecule has 0 N–H and O–H groups in total. The van der Waals surface area contributed by atoms with Crippen molar-refractivity contribution >= 4 is 0 Å². The summed E-state index contributed by atoms with van der Waals surface area (Å²) < 4.78 is 5.12. The molecule has 1 aromatic heterocycles. The summed E-state index contributed by atoms with van der Waals surface area (Å²) in [7, 11) is 0. The normalized spacial score (nSPS) is 8.64. The summed E-state index contributed by atoms with van der Waals surface area (Å²) in [5, 5.41) is 25.6. The van der Waals surface area contributed by atoms with Crippen LogP contribution in [-0.2, 0) is 19.3 Å². The minimum Gasteiger partial charge on any atom is -0.468 e. The number of rotatable bonds is 3. The van der Waals surface area contributed by atoms with E-state index in [1.807, 2.05) is 18.2 Å². The van der Waals surface area contributed by atoms with Gasteiger partial charge in [-0.05, 0) is 0 Å². The Morgan fingerprint density at radius 2 is 1.64 bits per heavy atom. The zero-order chi connectivity index (χ0) is 10.4. The molecule has 14 heavy (non-hydrogen) atoms. The van der Waals surface area contributed by atoms with Gasteiger partial charge in [-0.15, -0.1) is 0 Å². The Morgan fingerprint density at radius 1 is 1.00 bits per heavy atom. The third kappa shape index (κ3) is 1.91. The van der Waals surface area contributed by atoms with Gasteiger partial charge < -0.3 is 4.42 Å². The fourth-order valence-electron chi connectivity index (χ4n) is 1.21. The van der Waals surface area contributed by atoms with E-state index >= 15 is 0 Å². The van der Waals surface area contributed by atoms with Crippen molar-refractivity contribution in [2.75, 3.05) is 0 Å². The highest BCUT2D eigenvalue weighted by atomic mass is 16.3. The van der Waals surface area contributed by atoms with Gasteiger partial charge in [0.1, 0.15) is 5.76 Å². The first kappa shape index (κ1) is 9.84. The van der Waals surface area contributed by atoms with Crippen molar-refractivity contribution < 1.29 is 4.42 Å². The minimum absolute atomic E-state index is 0.141. The summed E-state index contributed by atoms with van der Waals surface area (Å²) in [6.07, 6.45) is 1.99. The molecule has 1 heterocycles. The topological polar surface area (TPSA) is 84.5 Å². The van der Waals surface area contributed by atoms with E-state index in [9.17, 15) is 0 Å². The molecule has 0 fully saturated rings. The van der Waals surface area contributed by atoms with E-state index in [0.717, 1.165) is 0 Å². The molecular formula is C10H7N3O. The number of nitriles is 3. The van der Waals surface area contributed by atoms with Crippen molar-refractivity contribution in [2.45, 2.75) is 19.3 Å². The van der Waals surface area contributed by atoms with Gasteiger partial charge in [0.05, 0.1) is 43.7 Å². The Kier molecular flexibility index (Phi) is 3.30. The van der Waals surface area contributed by atoms with Crippen LogP contribution in [0.1, 0.15) is 16.9 Å². The van der Waals surface area contributed by atoms with Gasteiger partial charge in [-0.1, -0.05) is 0 Å². The number of hydrogen-bond acceptors (Lipinski definition) is 4. The molecule has 4 nitrogen and oxygen atoms in total. The molecule has 0 amide bonds. The van der Waals surface area contributed by atoms with E-state index in [2.05, 4.69) is 0 Å². The number of hydrogen-bond donors (Lipinski definition) is 0. The highest BCUT2D eigenvalue weighted by Gasteiger charge is 2.12. The highest BCUT2D eigenvalue weighted by Crippen LogP contribution is 2.18. The van der Waals surface area contributed by atoms with Crippen LogP contribution in [0.3, 0.4) is 0 Å². The van der Waals surface area contributed by atoms with Gasteiger partial charge in [-0.2, -0.15) is 15.8 Å². The maximum atomic E-state index is 8.57. The van der Waals surface area contributed by atoms with Crippen LogP contribution in [0.4, 0.5) is 0 Å². The molecule has 0 aliphatic carbocycles. The zero-order valence-corrected chi connectivity index (χ0v) is 7.45. The molecule has 0 atom stereocenters. The van der Waals surface area contributed by atoms with Crippen LogP contribution < -0.4 is 0 Å². The molecule has 4 heteroatoms. The number of furan rings is 1. The molecule has 0 bridgehead atoms. The van der Waals surface area contributed by atoms with Crippen LogP contribution in [0.5, 0.6) is 0 Å². The van der Waals surface area contributed by atoms with Crippen LogP contribution in [-0.4, -0.2) is 0 Å². The first-order valence-corrected chi connectivity index (χ1v) is 4.02. The second-order valence-electron chi connectivity index (χ2n) is 2.67. The average Bonchev–Trinajstić information content (AvgIpc) is 2.52. The predicted octanol–water partition coefficient (Wildman–Crippen LogP) is 1.48. The smallest absolute Gasteiger partial charge is 0.122 e. The van der Waals surface area contributed by atoms with E-state index in [4.69, 9.17) is 20.2 Å². The lowest BCUT2D eigenvalue weighted by molar-refractivity contribution is 0.519. The lowest BCUT2D eigenvalue weighted by Crippen LogP contribution is -1.91. The molecule has 0 saturated carbocycles. The van der Waals surface area contributed by atoms with Crippen LogP contribution in [0, 0.1) is 34.0 Å². The number of nitrogens with zero attached hydrogens (tertiary/aromatic N) is 3. The largest absolute Gasteiger partial charge is 0.468 e. The molecule has 0 unspecified atom stereocenters. The summed E-state index contributed by atoms with van der Waals surface area (Å²) >= 11 is 0. The van der Waals surface area contributed by atoms with Crippen molar-refractivity contribution in [1.29, 1.82) is 15.8 Å². The third-order valence-electron chi connectivity index (χ3n) is 1.83. The first-order chi connectivity index (χ1) is 6.83. The summed E-state index contributed by atoms with van der Waals surface area (Å²) in [5.41, 5.74) is 1.40. The SMILES string of the molecule is N#CCc1coc(CC#N)c1CC#N. The molecule has 0 saturated heterocycles. The Bertz CT molecular complexity index is 406. The van der Waals surface area contributed by atoms with Crippen molar-refractivity contribution in [2.24, 2.45) is 0 Å². The van der Waals surface area contributed by atoms with Crippen LogP contribution >= 0.6 is 0 Å². The van der Waals surface area contributed by atoms with Gasteiger partial charge in [0.25, 0.3) is 0 Å². The van der Waals surface area contributed by atoms with E-state index < -0.39 is 0 Å². The maximum Gasteiger partial charge on any atom is 0.122 e. The van der Waals surface area contributed by atoms with Crippen molar-refractivity contribution in [3.05, 3.63) is 23.2 Å². The molecule has 1 aromatic rings. The van der Waals surface area contributed by atoms with E-state index in [1.54, 1.807) is 0 Å². The second-order valence-corrected chi connectivity index (χ2v) is 2.67. The van der Waals surface area contributed by atoms with Gasteiger partial charge >= 0.3 is 0 Å². The molecule has 0 aromatic carbocycles. The summed E-state index contributed by atoms with van der Waals surface area (Å²) in [6, 6.07) is 5.93. The Hall–Kier alpha value is -2.25. The Labute approximate surface area is 81.6 Å². The molecule has 1 rings (SSSR count). The van der Waals surface area contributed by atoms with Gasteiger partial charge in [0.2, 0.25) is 0 Å². The van der Waals surface area contributed by atoms with Crippen LogP contribution in [0.25, 0.3) is 0 Å². The second kappa shape index (κ2) is 4.70. The lowest BCUT2D eigenvalue weighted by atomic mass is 10.1. The monoisotopic (exact) mass is 185 g/mol. The fraction of sp³-hybridized carbons (Fsp3) is 0.300. The maximum absolute atomic E-state index is 8.57.